The van der Waals surface area contributed by atoms with Crippen LogP contribution in [0.4, 0.5) is 0 Å². The van der Waals surface area contributed by atoms with Gasteiger partial charge in [0.25, 0.3) is 0 Å². The third-order valence-corrected chi connectivity index (χ3v) is 4.66. The smallest absolute Gasteiger partial charge is 0.225 e. The number of carbonyl (C=O) groups excluding carboxylic acids is 1. The average molecular weight is 254 g/mol. The van der Waals surface area contributed by atoms with Crippen molar-refractivity contribution in [2.75, 3.05) is 11.5 Å². The van der Waals surface area contributed by atoms with Crippen LogP contribution in [0.2, 0.25) is 0 Å². The summed E-state index contributed by atoms with van der Waals surface area (Å²) in [5.74, 6) is -0.276. The van der Waals surface area contributed by atoms with E-state index in [4.69, 9.17) is 11.6 Å². The number of hydrogen-bond donors (Lipinski definition) is 1. The minimum atomic E-state index is -3.08. The van der Waals surface area contributed by atoms with E-state index in [-0.39, 0.29) is 17.4 Å². The number of halogens is 1. The van der Waals surface area contributed by atoms with Crippen molar-refractivity contribution in [3.05, 3.63) is 0 Å². The van der Waals surface area contributed by atoms with Crippen LogP contribution in [-0.4, -0.2) is 37.2 Å². The molecule has 0 aromatic carbocycles. The number of hydrogen-bond acceptors (Lipinski definition) is 3. The van der Waals surface area contributed by atoms with E-state index in [1.807, 2.05) is 0 Å². The minimum Gasteiger partial charge on any atom is -0.350 e. The van der Waals surface area contributed by atoms with E-state index in [1.165, 1.54) is 0 Å². The monoisotopic (exact) mass is 253 g/mol. The molecule has 0 aromatic rings. The van der Waals surface area contributed by atoms with E-state index in [1.54, 1.807) is 20.8 Å². The molecule has 2 atom stereocenters. The fraction of sp³-hybridized carbons (Fsp3) is 0.889. The van der Waals surface area contributed by atoms with E-state index < -0.39 is 26.7 Å². The Morgan fingerprint density at radius 2 is 1.87 bits per heavy atom. The normalized spacial score (nSPS) is 30.1. The molecule has 1 aliphatic rings. The fourth-order valence-corrected chi connectivity index (χ4v) is 3.87. The summed E-state index contributed by atoms with van der Waals surface area (Å²) in [5, 5.41) is 2.16. The maximum absolute atomic E-state index is 11.6. The summed E-state index contributed by atoms with van der Waals surface area (Å²) in [4.78, 5) is 11.6. The lowest BCUT2D eigenvalue weighted by atomic mass is 9.95. The van der Waals surface area contributed by atoms with Crippen molar-refractivity contribution in [3.8, 4) is 0 Å². The molecule has 0 aromatic heterocycles. The number of carbonyl (C=O) groups is 1. The molecule has 1 amide bonds. The fourth-order valence-electron chi connectivity index (χ4n) is 1.32. The van der Waals surface area contributed by atoms with Crippen LogP contribution in [0.3, 0.4) is 0 Å². The highest BCUT2D eigenvalue weighted by Gasteiger charge is 2.38. The Bertz CT molecular complexity index is 358. The molecule has 88 valence electrons. The second-order valence-electron chi connectivity index (χ2n) is 4.92. The molecule has 6 heteroatoms. The summed E-state index contributed by atoms with van der Waals surface area (Å²) in [5.41, 5.74) is -0.525. The summed E-state index contributed by atoms with van der Waals surface area (Å²) in [6.07, 6.45) is 0. The Hall–Kier alpha value is -0.290. The van der Waals surface area contributed by atoms with Gasteiger partial charge in [-0.3, -0.25) is 4.79 Å². The molecule has 0 bridgehead atoms. The van der Waals surface area contributed by atoms with Gasteiger partial charge in [-0.05, 0) is 0 Å². The van der Waals surface area contributed by atoms with Crippen molar-refractivity contribution in [2.45, 2.75) is 32.2 Å². The van der Waals surface area contributed by atoms with Crippen LogP contribution in [0.25, 0.3) is 0 Å². The largest absolute Gasteiger partial charge is 0.350 e. The van der Waals surface area contributed by atoms with Crippen LogP contribution in [0.5, 0.6) is 0 Å². The Kier molecular flexibility index (Phi) is 3.36. The van der Waals surface area contributed by atoms with Crippen LogP contribution in [0.15, 0.2) is 0 Å². The van der Waals surface area contributed by atoms with Crippen LogP contribution >= 0.6 is 11.6 Å². The highest BCUT2D eigenvalue weighted by Crippen LogP contribution is 2.20. The maximum atomic E-state index is 11.6. The van der Waals surface area contributed by atoms with Crippen molar-refractivity contribution in [2.24, 2.45) is 5.41 Å². The first-order chi connectivity index (χ1) is 6.62. The summed E-state index contributed by atoms with van der Waals surface area (Å²) < 4.78 is 22.5. The molecular formula is C9H16ClNO3S. The molecule has 4 nitrogen and oxygen atoms in total. The first kappa shape index (κ1) is 12.8. The second kappa shape index (κ2) is 3.94. The van der Waals surface area contributed by atoms with Crippen LogP contribution in [0.1, 0.15) is 20.8 Å². The molecule has 0 saturated carbocycles. The Balaban J connectivity index is 2.66. The lowest BCUT2D eigenvalue weighted by molar-refractivity contribution is -0.129. The van der Waals surface area contributed by atoms with E-state index >= 15 is 0 Å². The molecule has 1 N–H and O–H groups in total. The third kappa shape index (κ3) is 3.34. The average Bonchev–Trinajstić information content (AvgIpc) is 2.22. The molecule has 1 saturated heterocycles. The van der Waals surface area contributed by atoms with E-state index in [2.05, 4.69) is 5.32 Å². The molecule has 1 heterocycles. The summed E-state index contributed by atoms with van der Waals surface area (Å²) >= 11 is 5.86. The second-order valence-corrected chi connectivity index (χ2v) is 7.64. The first-order valence-electron chi connectivity index (χ1n) is 4.77. The molecule has 0 aliphatic carbocycles. The van der Waals surface area contributed by atoms with Gasteiger partial charge >= 0.3 is 0 Å². The lowest BCUT2D eigenvalue weighted by Gasteiger charge is -2.22. The van der Waals surface area contributed by atoms with Gasteiger partial charge in [0.15, 0.2) is 9.84 Å². The molecule has 1 aliphatic heterocycles. The van der Waals surface area contributed by atoms with Crippen molar-refractivity contribution in [3.63, 3.8) is 0 Å². The summed E-state index contributed by atoms with van der Waals surface area (Å²) in [6, 6.07) is -0.455. The third-order valence-electron chi connectivity index (χ3n) is 2.28. The van der Waals surface area contributed by atoms with Crippen molar-refractivity contribution < 1.29 is 13.2 Å². The molecular weight excluding hydrogens is 238 g/mol. The topological polar surface area (TPSA) is 63.2 Å². The molecule has 2 unspecified atom stereocenters. The number of nitrogens with one attached hydrogen (secondary N) is 1. The summed E-state index contributed by atoms with van der Waals surface area (Å²) in [6.45, 7) is 5.32. The van der Waals surface area contributed by atoms with Crippen molar-refractivity contribution in [1.29, 1.82) is 0 Å². The highest BCUT2D eigenvalue weighted by molar-refractivity contribution is 7.91. The quantitative estimate of drug-likeness (QED) is 0.695. The first-order valence-corrected chi connectivity index (χ1v) is 7.03. The number of alkyl halides is 1. The van der Waals surface area contributed by atoms with Crippen LogP contribution < -0.4 is 5.32 Å². The molecule has 15 heavy (non-hydrogen) atoms. The number of rotatable bonds is 1. The van der Waals surface area contributed by atoms with Gasteiger partial charge in [0.2, 0.25) is 5.91 Å². The number of sulfone groups is 1. The van der Waals surface area contributed by atoms with Gasteiger partial charge in [0.05, 0.1) is 22.9 Å². The predicted molar refractivity (Wildman–Crippen MR) is 59.7 cm³/mol. The van der Waals surface area contributed by atoms with Gasteiger partial charge < -0.3 is 5.32 Å². The van der Waals surface area contributed by atoms with Gasteiger partial charge in [-0.2, -0.15) is 0 Å². The SMILES string of the molecule is CC(C)(C)C(=O)NC1CS(=O)(=O)CC1Cl. The Labute approximate surface area is 95.3 Å². The van der Waals surface area contributed by atoms with E-state index in [9.17, 15) is 13.2 Å². The highest BCUT2D eigenvalue weighted by atomic mass is 35.5. The van der Waals surface area contributed by atoms with Gasteiger partial charge in [0.1, 0.15) is 0 Å². The van der Waals surface area contributed by atoms with Gasteiger partial charge in [-0.1, -0.05) is 20.8 Å². The zero-order chi connectivity index (χ0) is 11.9. The van der Waals surface area contributed by atoms with Gasteiger partial charge in [-0.25, -0.2) is 8.42 Å². The standard InChI is InChI=1S/C9H16ClNO3S/c1-9(2,3)8(12)11-7-5-15(13,14)4-6(7)10/h6-7H,4-5H2,1-3H3,(H,11,12). The van der Waals surface area contributed by atoms with Crippen molar-refractivity contribution >= 4 is 27.3 Å². The van der Waals surface area contributed by atoms with Crippen LogP contribution in [0, 0.1) is 5.41 Å². The lowest BCUT2D eigenvalue weighted by Crippen LogP contribution is -2.45. The minimum absolute atomic E-state index is 0.0519. The van der Waals surface area contributed by atoms with Crippen LogP contribution in [-0.2, 0) is 14.6 Å². The predicted octanol–water partition coefficient (Wildman–Crippen LogP) is 0.553. The molecule has 1 fully saturated rings. The molecule has 0 spiro atoms. The van der Waals surface area contributed by atoms with Crippen molar-refractivity contribution in [1.82, 2.24) is 5.32 Å². The molecule has 1 rings (SSSR count). The van der Waals surface area contributed by atoms with E-state index in [0.717, 1.165) is 0 Å². The number of amides is 1. The maximum Gasteiger partial charge on any atom is 0.225 e. The zero-order valence-electron chi connectivity index (χ0n) is 9.08. The Morgan fingerprint density at radius 3 is 2.20 bits per heavy atom. The van der Waals surface area contributed by atoms with Gasteiger partial charge in [0, 0.05) is 5.41 Å². The summed E-state index contributed by atoms with van der Waals surface area (Å²) in [7, 11) is -3.08. The van der Waals surface area contributed by atoms with Gasteiger partial charge in [-0.15, -0.1) is 11.6 Å². The van der Waals surface area contributed by atoms with E-state index in [0.29, 0.717) is 0 Å². The Morgan fingerprint density at radius 1 is 1.33 bits per heavy atom. The zero-order valence-corrected chi connectivity index (χ0v) is 10.7. The molecule has 0 radical (unpaired) electrons.